The van der Waals surface area contributed by atoms with Gasteiger partial charge >= 0.3 is 0 Å². The molecule has 0 aliphatic carbocycles. The van der Waals surface area contributed by atoms with Crippen molar-refractivity contribution < 1.29 is 13.7 Å². The average Bonchev–Trinajstić information content (AvgIpc) is 2.87. The van der Waals surface area contributed by atoms with Crippen LogP contribution in [0, 0.1) is 4.78 Å². The number of morpholine rings is 1. The molecule has 9 nitrogen and oxygen atoms in total. The lowest BCUT2D eigenvalue weighted by Crippen LogP contribution is -2.45. The minimum absolute atomic E-state index is 0.0771. The number of ether oxygens (including phenoxy) is 1. The van der Waals surface area contributed by atoms with Crippen LogP contribution in [0.25, 0.3) is 22.3 Å². The third-order valence-corrected chi connectivity index (χ3v) is 7.47. The molecule has 1 saturated heterocycles. The second-order valence-electron chi connectivity index (χ2n) is 9.70. The van der Waals surface area contributed by atoms with Crippen LogP contribution in [0.15, 0.2) is 71.8 Å². The van der Waals surface area contributed by atoms with E-state index in [0.717, 1.165) is 41.2 Å². The zero-order valence-electron chi connectivity index (χ0n) is 21.5. The summed E-state index contributed by atoms with van der Waals surface area (Å²) < 4.78 is 25.4. The summed E-state index contributed by atoms with van der Waals surface area (Å²) in [5.74, 6) is 0.669. The Bertz CT molecular complexity index is 1580. The number of carbonyl (C=O) groups is 1. The molecule has 1 aromatic carbocycles. The van der Waals surface area contributed by atoms with Gasteiger partial charge in [0.25, 0.3) is 0 Å². The highest BCUT2D eigenvalue weighted by Gasteiger charge is 2.23. The summed E-state index contributed by atoms with van der Waals surface area (Å²) in [5.41, 5.74) is 3.42. The molecule has 0 spiro atoms. The van der Waals surface area contributed by atoms with E-state index in [1.807, 2.05) is 36.4 Å². The molecule has 0 saturated carbocycles. The van der Waals surface area contributed by atoms with Gasteiger partial charge in [0.1, 0.15) is 5.82 Å². The van der Waals surface area contributed by atoms with Gasteiger partial charge < -0.3 is 15.0 Å². The monoisotopic (exact) mass is 530 g/mol. The van der Waals surface area contributed by atoms with E-state index in [1.54, 1.807) is 30.5 Å². The lowest BCUT2D eigenvalue weighted by molar-refractivity contribution is -0.115. The van der Waals surface area contributed by atoms with E-state index in [-0.39, 0.29) is 24.5 Å². The molecule has 10 heteroatoms. The maximum atomic E-state index is 12.6. The van der Waals surface area contributed by atoms with E-state index >= 15 is 0 Å². The van der Waals surface area contributed by atoms with Gasteiger partial charge in [-0.3, -0.25) is 9.78 Å². The van der Waals surface area contributed by atoms with Crippen LogP contribution in [0.4, 0.5) is 11.5 Å². The van der Waals surface area contributed by atoms with Gasteiger partial charge in [-0.05, 0) is 68.4 Å². The Balaban J connectivity index is 1.32. The number of hydrogen-bond donors (Lipinski definition) is 2. The molecule has 2 N–H and O–H groups in total. The highest BCUT2D eigenvalue weighted by atomic mass is 32.2. The van der Waals surface area contributed by atoms with Gasteiger partial charge in [-0.2, -0.15) is 0 Å². The van der Waals surface area contributed by atoms with Crippen molar-refractivity contribution in [1.29, 1.82) is 4.78 Å². The number of rotatable bonds is 6. The second kappa shape index (κ2) is 10.5. The Morgan fingerprint density at radius 1 is 1.05 bits per heavy atom. The highest BCUT2D eigenvalue weighted by molar-refractivity contribution is 7.91. The normalized spacial score (nSPS) is 19.2. The van der Waals surface area contributed by atoms with Crippen LogP contribution in [0.2, 0.25) is 0 Å². The topological polar surface area (TPSA) is 121 Å². The number of benzene rings is 1. The number of pyridine rings is 3. The Kier molecular flexibility index (Phi) is 7.09. The molecule has 1 aliphatic heterocycles. The summed E-state index contributed by atoms with van der Waals surface area (Å²) in [6.45, 7) is 5.72. The zero-order valence-corrected chi connectivity index (χ0v) is 22.4. The average molecular weight is 531 g/mol. The Morgan fingerprint density at radius 2 is 1.76 bits per heavy atom. The first kappa shape index (κ1) is 25.7. The largest absolute Gasteiger partial charge is 0.372 e. The minimum atomic E-state index is -2.80. The standard InChI is InChI=1S/C28H30N6O3S/c1-18-16-34(17-19(2)37-18)27-6-4-5-24(33-27)25-12-7-20-15-30-22(13-26(20)32-25)14-28(35)31-21-8-10-23(11-9-21)38(3,29)36/h4-13,15,18-19,29H,14,16-17H2,1-3H3,(H,31,35)/t18-,19+,38?. The number of nitrogens with zero attached hydrogens (tertiary/aromatic N) is 4. The van der Waals surface area contributed by atoms with Crippen molar-refractivity contribution in [2.24, 2.45) is 0 Å². The first-order chi connectivity index (χ1) is 18.1. The van der Waals surface area contributed by atoms with E-state index in [0.29, 0.717) is 16.3 Å². The molecule has 0 bridgehead atoms. The van der Waals surface area contributed by atoms with Crippen LogP contribution in [0.3, 0.4) is 0 Å². The van der Waals surface area contributed by atoms with Gasteiger partial charge in [-0.15, -0.1) is 0 Å². The minimum Gasteiger partial charge on any atom is -0.372 e. The maximum absolute atomic E-state index is 12.6. The third-order valence-electron chi connectivity index (χ3n) is 6.30. The summed E-state index contributed by atoms with van der Waals surface area (Å²) in [6, 6.07) is 18.1. The third kappa shape index (κ3) is 5.98. The van der Waals surface area contributed by atoms with Gasteiger partial charge in [0.2, 0.25) is 5.91 Å². The lowest BCUT2D eigenvalue weighted by atomic mass is 10.1. The molecular formula is C28H30N6O3S. The summed E-state index contributed by atoms with van der Waals surface area (Å²) in [7, 11) is -2.80. The molecule has 0 radical (unpaired) electrons. The van der Waals surface area contributed by atoms with Gasteiger partial charge in [0.05, 0.1) is 51.0 Å². The quantitative estimate of drug-likeness (QED) is 0.376. The molecule has 38 heavy (non-hydrogen) atoms. The predicted octanol–water partition coefficient (Wildman–Crippen LogP) is 4.52. The fourth-order valence-electron chi connectivity index (χ4n) is 4.57. The molecule has 4 heterocycles. The van der Waals surface area contributed by atoms with Crippen LogP contribution in [-0.4, -0.2) is 56.6 Å². The molecule has 4 aromatic rings. The molecule has 1 amide bonds. The maximum Gasteiger partial charge on any atom is 0.230 e. The Morgan fingerprint density at radius 3 is 2.47 bits per heavy atom. The lowest BCUT2D eigenvalue weighted by Gasteiger charge is -2.36. The molecular weight excluding hydrogens is 500 g/mol. The molecule has 196 valence electrons. The second-order valence-corrected chi connectivity index (χ2v) is 11.9. The van der Waals surface area contributed by atoms with Crippen LogP contribution in [0.1, 0.15) is 19.5 Å². The first-order valence-electron chi connectivity index (χ1n) is 12.4. The smallest absolute Gasteiger partial charge is 0.230 e. The van der Waals surface area contributed by atoms with Crippen molar-refractivity contribution in [2.45, 2.75) is 37.4 Å². The fraction of sp³-hybridized carbons (Fsp3) is 0.286. The number of carbonyl (C=O) groups excluding carboxylic acids is 1. The van der Waals surface area contributed by atoms with Gasteiger partial charge in [-0.25, -0.2) is 19.0 Å². The number of amides is 1. The van der Waals surface area contributed by atoms with E-state index in [4.69, 9.17) is 19.5 Å². The van der Waals surface area contributed by atoms with E-state index in [9.17, 15) is 9.00 Å². The van der Waals surface area contributed by atoms with Crippen molar-refractivity contribution in [3.63, 3.8) is 0 Å². The Hall–Kier alpha value is -3.89. The number of nitrogens with one attached hydrogen (secondary N) is 2. The highest BCUT2D eigenvalue weighted by Crippen LogP contribution is 2.24. The summed E-state index contributed by atoms with van der Waals surface area (Å²) in [5, 5.41) is 3.70. The summed E-state index contributed by atoms with van der Waals surface area (Å²) in [4.78, 5) is 29.4. The van der Waals surface area contributed by atoms with Crippen molar-refractivity contribution in [3.05, 3.63) is 72.6 Å². The predicted molar refractivity (Wildman–Crippen MR) is 149 cm³/mol. The van der Waals surface area contributed by atoms with E-state index in [1.165, 1.54) is 6.26 Å². The molecule has 1 unspecified atom stereocenters. The number of hydrogen-bond acceptors (Lipinski definition) is 8. The van der Waals surface area contributed by atoms with Gasteiger partial charge in [-0.1, -0.05) is 6.07 Å². The van der Waals surface area contributed by atoms with Crippen molar-refractivity contribution in [1.82, 2.24) is 15.0 Å². The molecule has 1 aliphatic rings. The zero-order chi connectivity index (χ0) is 26.9. The van der Waals surface area contributed by atoms with Crippen LogP contribution in [-0.2, 0) is 25.7 Å². The van der Waals surface area contributed by atoms with Gasteiger partial charge in [0, 0.05) is 41.5 Å². The number of aromatic nitrogens is 3. The van der Waals surface area contributed by atoms with Crippen molar-refractivity contribution in [2.75, 3.05) is 29.6 Å². The molecule has 3 aromatic heterocycles. The molecule has 3 atom stereocenters. The van der Waals surface area contributed by atoms with E-state index < -0.39 is 9.73 Å². The number of fused-ring (bicyclic) bond motifs is 1. The van der Waals surface area contributed by atoms with Crippen molar-refractivity contribution in [3.8, 4) is 11.4 Å². The van der Waals surface area contributed by atoms with Crippen LogP contribution < -0.4 is 10.2 Å². The summed E-state index contributed by atoms with van der Waals surface area (Å²) in [6.07, 6.45) is 3.44. The van der Waals surface area contributed by atoms with Crippen molar-refractivity contribution >= 4 is 38.0 Å². The van der Waals surface area contributed by atoms with Crippen LogP contribution >= 0.6 is 0 Å². The summed E-state index contributed by atoms with van der Waals surface area (Å²) >= 11 is 0. The van der Waals surface area contributed by atoms with Crippen LogP contribution in [0.5, 0.6) is 0 Å². The molecule has 1 fully saturated rings. The number of anilines is 2. The van der Waals surface area contributed by atoms with E-state index in [2.05, 4.69) is 29.0 Å². The van der Waals surface area contributed by atoms with Gasteiger partial charge in [0.15, 0.2) is 0 Å². The molecule has 5 rings (SSSR count). The first-order valence-corrected chi connectivity index (χ1v) is 14.4. The SMILES string of the molecule is C[C@@H]1CN(c2cccc(-c3ccc4cnc(CC(=O)Nc5ccc(S(C)(=N)=O)cc5)cc4n3)n2)C[C@H](C)O1. The fourth-order valence-corrected chi connectivity index (χ4v) is 5.23. The Labute approximate surface area is 222 Å².